The molecule has 0 aliphatic carbocycles. The standard InChI is InChI=1S/C20H26N2O3S/c1-2-26(23,24)22-15-13-21(14-16-22)20(18-9-5-3-6-10-18)17-25-19-11-7-4-8-12-19/h3-12,20H,2,13-17H2,1H3. The van der Waals surface area contributed by atoms with Crippen molar-refractivity contribution in [2.75, 3.05) is 38.5 Å². The third-order valence-corrected chi connectivity index (χ3v) is 6.69. The smallest absolute Gasteiger partial charge is 0.213 e. The minimum Gasteiger partial charge on any atom is -0.492 e. The zero-order valence-corrected chi connectivity index (χ0v) is 15.9. The number of hydrogen-bond donors (Lipinski definition) is 0. The fourth-order valence-corrected chi connectivity index (χ4v) is 4.34. The number of para-hydroxylation sites is 1. The minimum absolute atomic E-state index is 0.0999. The zero-order valence-electron chi connectivity index (χ0n) is 15.1. The van der Waals surface area contributed by atoms with Gasteiger partial charge < -0.3 is 4.74 Å². The lowest BCUT2D eigenvalue weighted by Crippen LogP contribution is -2.50. The predicted octanol–water partition coefficient (Wildman–Crippen LogP) is 2.77. The van der Waals surface area contributed by atoms with Crippen LogP contribution in [0, 0.1) is 0 Å². The summed E-state index contributed by atoms with van der Waals surface area (Å²) in [5.41, 5.74) is 1.19. The molecule has 1 fully saturated rings. The molecule has 6 heteroatoms. The molecule has 1 atom stereocenters. The second-order valence-corrected chi connectivity index (χ2v) is 8.64. The van der Waals surface area contributed by atoms with Gasteiger partial charge in [0.1, 0.15) is 12.4 Å². The summed E-state index contributed by atoms with van der Waals surface area (Å²) < 4.78 is 31.8. The van der Waals surface area contributed by atoms with Crippen molar-refractivity contribution < 1.29 is 13.2 Å². The Labute approximate surface area is 156 Å². The second-order valence-electron chi connectivity index (χ2n) is 6.39. The lowest BCUT2D eigenvalue weighted by atomic mass is 10.1. The van der Waals surface area contributed by atoms with E-state index in [9.17, 15) is 8.42 Å². The third-order valence-electron chi connectivity index (χ3n) is 4.81. The maximum Gasteiger partial charge on any atom is 0.213 e. The molecule has 1 heterocycles. The average Bonchev–Trinajstić information content (AvgIpc) is 2.70. The molecular weight excluding hydrogens is 348 g/mol. The molecule has 1 saturated heterocycles. The number of nitrogens with zero attached hydrogens (tertiary/aromatic N) is 2. The lowest BCUT2D eigenvalue weighted by molar-refractivity contribution is 0.0985. The van der Waals surface area contributed by atoms with Crippen molar-refractivity contribution in [2.24, 2.45) is 0 Å². The van der Waals surface area contributed by atoms with Gasteiger partial charge in [0, 0.05) is 26.2 Å². The van der Waals surface area contributed by atoms with Crippen LogP contribution < -0.4 is 4.74 Å². The highest BCUT2D eigenvalue weighted by atomic mass is 32.2. The Kier molecular flexibility index (Phi) is 6.29. The highest BCUT2D eigenvalue weighted by Crippen LogP contribution is 2.24. The number of ether oxygens (including phenoxy) is 1. The molecule has 5 nitrogen and oxygen atoms in total. The predicted molar refractivity (Wildman–Crippen MR) is 104 cm³/mol. The van der Waals surface area contributed by atoms with Crippen molar-refractivity contribution in [3.63, 3.8) is 0 Å². The molecule has 140 valence electrons. The van der Waals surface area contributed by atoms with Gasteiger partial charge in [-0.1, -0.05) is 48.5 Å². The number of hydrogen-bond acceptors (Lipinski definition) is 4. The van der Waals surface area contributed by atoms with Crippen molar-refractivity contribution in [1.29, 1.82) is 0 Å². The van der Waals surface area contributed by atoms with Crippen LogP contribution >= 0.6 is 0 Å². The van der Waals surface area contributed by atoms with E-state index in [1.807, 2.05) is 48.5 Å². The Balaban J connectivity index is 1.70. The van der Waals surface area contributed by atoms with Crippen molar-refractivity contribution in [3.05, 3.63) is 66.2 Å². The molecule has 1 unspecified atom stereocenters. The van der Waals surface area contributed by atoms with Gasteiger partial charge in [-0.2, -0.15) is 4.31 Å². The summed E-state index contributed by atoms with van der Waals surface area (Å²) >= 11 is 0. The van der Waals surface area contributed by atoms with Gasteiger partial charge in [0.2, 0.25) is 10.0 Å². The largest absolute Gasteiger partial charge is 0.492 e. The van der Waals surface area contributed by atoms with Crippen LogP contribution in [0.1, 0.15) is 18.5 Å². The van der Waals surface area contributed by atoms with Crippen LogP contribution in [0.25, 0.3) is 0 Å². The first-order valence-corrected chi connectivity index (χ1v) is 10.7. The maximum atomic E-state index is 12.1. The Hall–Kier alpha value is -1.89. The fourth-order valence-electron chi connectivity index (χ4n) is 3.26. The maximum absolute atomic E-state index is 12.1. The molecule has 2 aromatic rings. The Morgan fingerprint density at radius 2 is 1.50 bits per heavy atom. The summed E-state index contributed by atoms with van der Waals surface area (Å²) in [5.74, 6) is 1.01. The molecule has 3 rings (SSSR count). The molecule has 1 aliphatic rings. The van der Waals surface area contributed by atoms with Gasteiger partial charge in [-0.05, 0) is 24.6 Å². The van der Waals surface area contributed by atoms with E-state index in [0.29, 0.717) is 32.8 Å². The van der Waals surface area contributed by atoms with E-state index in [1.165, 1.54) is 5.56 Å². The average molecular weight is 375 g/mol. The first-order chi connectivity index (χ1) is 12.6. The van der Waals surface area contributed by atoms with E-state index in [-0.39, 0.29) is 11.8 Å². The molecule has 0 amide bonds. The lowest BCUT2D eigenvalue weighted by Gasteiger charge is -2.38. The summed E-state index contributed by atoms with van der Waals surface area (Å²) in [4.78, 5) is 2.32. The minimum atomic E-state index is -3.11. The van der Waals surface area contributed by atoms with Gasteiger partial charge in [-0.25, -0.2) is 8.42 Å². The highest BCUT2D eigenvalue weighted by Gasteiger charge is 2.30. The van der Waals surface area contributed by atoms with Crippen molar-refractivity contribution >= 4 is 10.0 Å². The molecular formula is C20H26N2O3S. The quantitative estimate of drug-likeness (QED) is 0.748. The first-order valence-electron chi connectivity index (χ1n) is 9.05. The summed E-state index contributed by atoms with van der Waals surface area (Å²) in [5, 5.41) is 0. The van der Waals surface area contributed by atoms with E-state index in [1.54, 1.807) is 11.2 Å². The Morgan fingerprint density at radius 1 is 0.923 bits per heavy atom. The Bertz CT molecular complexity index is 773. The molecule has 26 heavy (non-hydrogen) atoms. The molecule has 0 aromatic heterocycles. The highest BCUT2D eigenvalue weighted by molar-refractivity contribution is 7.89. The summed E-state index contributed by atoms with van der Waals surface area (Å²) in [7, 11) is -3.11. The molecule has 0 spiro atoms. The van der Waals surface area contributed by atoms with Crippen LogP contribution in [-0.4, -0.2) is 56.2 Å². The topological polar surface area (TPSA) is 49.9 Å². The number of benzene rings is 2. The molecule has 2 aromatic carbocycles. The molecule has 1 aliphatic heterocycles. The van der Waals surface area contributed by atoms with Crippen LogP contribution in [0.2, 0.25) is 0 Å². The third kappa shape index (κ3) is 4.63. The van der Waals surface area contributed by atoms with Gasteiger partial charge >= 0.3 is 0 Å². The number of sulfonamides is 1. The normalized spacial score (nSPS) is 17.7. The zero-order chi connectivity index (χ0) is 18.4. The first kappa shape index (κ1) is 18.9. The van der Waals surface area contributed by atoms with Crippen LogP contribution in [0.15, 0.2) is 60.7 Å². The van der Waals surface area contributed by atoms with Crippen LogP contribution in [-0.2, 0) is 10.0 Å². The molecule has 0 saturated carbocycles. The van der Waals surface area contributed by atoms with Crippen LogP contribution in [0.5, 0.6) is 5.75 Å². The molecule has 0 radical (unpaired) electrons. The van der Waals surface area contributed by atoms with E-state index < -0.39 is 10.0 Å². The van der Waals surface area contributed by atoms with Gasteiger partial charge in [0.15, 0.2) is 0 Å². The van der Waals surface area contributed by atoms with Gasteiger partial charge in [0.05, 0.1) is 11.8 Å². The van der Waals surface area contributed by atoms with E-state index >= 15 is 0 Å². The monoisotopic (exact) mass is 374 g/mol. The molecule has 0 N–H and O–H groups in total. The van der Waals surface area contributed by atoms with Crippen molar-refractivity contribution in [2.45, 2.75) is 13.0 Å². The Morgan fingerprint density at radius 3 is 2.08 bits per heavy atom. The van der Waals surface area contributed by atoms with Gasteiger partial charge in [0.25, 0.3) is 0 Å². The van der Waals surface area contributed by atoms with Crippen molar-refractivity contribution in [3.8, 4) is 5.75 Å². The SMILES string of the molecule is CCS(=O)(=O)N1CCN(C(COc2ccccc2)c2ccccc2)CC1. The van der Waals surface area contributed by atoms with E-state index in [4.69, 9.17) is 4.74 Å². The van der Waals surface area contributed by atoms with E-state index in [2.05, 4.69) is 17.0 Å². The molecule has 0 bridgehead atoms. The summed E-state index contributed by atoms with van der Waals surface area (Å²) in [6.45, 7) is 4.71. The number of piperazine rings is 1. The van der Waals surface area contributed by atoms with Crippen molar-refractivity contribution in [1.82, 2.24) is 9.21 Å². The summed E-state index contributed by atoms with van der Waals surface area (Å²) in [6.07, 6.45) is 0. The fraction of sp³-hybridized carbons (Fsp3) is 0.400. The van der Waals surface area contributed by atoms with Gasteiger partial charge in [-0.3, -0.25) is 4.90 Å². The van der Waals surface area contributed by atoms with E-state index in [0.717, 1.165) is 5.75 Å². The van der Waals surface area contributed by atoms with Gasteiger partial charge in [-0.15, -0.1) is 0 Å². The van der Waals surface area contributed by atoms with Crippen LogP contribution in [0.4, 0.5) is 0 Å². The summed E-state index contributed by atoms with van der Waals surface area (Å²) in [6, 6.07) is 20.2. The number of rotatable bonds is 7. The second kappa shape index (κ2) is 8.66. The van der Waals surface area contributed by atoms with Crippen LogP contribution in [0.3, 0.4) is 0 Å².